The molecule has 0 spiro atoms. The van der Waals surface area contributed by atoms with Gasteiger partial charge in [-0.1, -0.05) is 33.1 Å². The van der Waals surface area contributed by atoms with E-state index in [0.29, 0.717) is 12.7 Å². The third kappa shape index (κ3) is 6.02. The second-order valence-corrected chi connectivity index (χ2v) is 3.49. The Bertz CT molecular complexity index is 106. The molecule has 0 aliphatic rings. The van der Waals surface area contributed by atoms with Crippen LogP contribution in [0.1, 0.15) is 46.5 Å². The maximum Gasteiger partial charge on any atom is 0.0567 e. The van der Waals surface area contributed by atoms with E-state index in [-0.39, 0.29) is 0 Å². The fourth-order valence-electron chi connectivity index (χ4n) is 1.54. The van der Waals surface area contributed by atoms with Crippen LogP contribution < -0.4 is 11.2 Å². The summed E-state index contributed by atoms with van der Waals surface area (Å²) in [6.07, 6.45) is 5.21. The van der Waals surface area contributed by atoms with Crippen LogP contribution in [0.3, 0.4) is 0 Å². The summed E-state index contributed by atoms with van der Waals surface area (Å²) in [6, 6.07) is 0.597. The van der Waals surface area contributed by atoms with Gasteiger partial charge in [0.15, 0.2) is 0 Å². The number of nitrogens with zero attached hydrogens (tertiary/aromatic N) is 1. The van der Waals surface area contributed by atoms with E-state index in [2.05, 4.69) is 31.2 Å². The lowest BCUT2D eigenvalue weighted by Crippen LogP contribution is -2.46. The van der Waals surface area contributed by atoms with Crippen LogP contribution in [0.25, 0.3) is 0 Å². The molecule has 3 N–H and O–H groups in total. The van der Waals surface area contributed by atoms with Crippen molar-refractivity contribution in [3.63, 3.8) is 0 Å². The first kappa shape index (κ1) is 12.9. The minimum absolute atomic E-state index is 0.534. The molecular formula is C10H25N3. The third-order valence-corrected chi connectivity index (χ3v) is 2.39. The first-order chi connectivity index (χ1) is 6.26. The van der Waals surface area contributed by atoms with Gasteiger partial charge in [-0.3, -0.25) is 0 Å². The van der Waals surface area contributed by atoms with Crippen molar-refractivity contribution in [2.45, 2.75) is 52.5 Å². The summed E-state index contributed by atoms with van der Waals surface area (Å²) in [5, 5.41) is 2.22. The number of hydrogen-bond acceptors (Lipinski definition) is 3. The van der Waals surface area contributed by atoms with Crippen LogP contribution >= 0.6 is 0 Å². The van der Waals surface area contributed by atoms with Gasteiger partial charge in [-0.2, -0.15) is 0 Å². The molecule has 0 rings (SSSR count). The topological polar surface area (TPSA) is 41.3 Å². The minimum atomic E-state index is 0.534. The Morgan fingerprint density at radius 1 is 1.31 bits per heavy atom. The third-order valence-electron chi connectivity index (χ3n) is 2.39. The van der Waals surface area contributed by atoms with Crippen LogP contribution in [0.5, 0.6) is 0 Å². The summed E-state index contributed by atoms with van der Waals surface area (Å²) in [5.41, 5.74) is 8.61. The highest BCUT2D eigenvalue weighted by Crippen LogP contribution is 2.07. The van der Waals surface area contributed by atoms with Crippen molar-refractivity contribution in [1.29, 1.82) is 0 Å². The van der Waals surface area contributed by atoms with Gasteiger partial charge in [-0.15, -0.1) is 0 Å². The van der Waals surface area contributed by atoms with E-state index >= 15 is 0 Å². The van der Waals surface area contributed by atoms with Crippen molar-refractivity contribution in [1.82, 2.24) is 10.4 Å². The van der Waals surface area contributed by atoms with E-state index in [0.717, 1.165) is 6.54 Å². The van der Waals surface area contributed by atoms with Crippen molar-refractivity contribution in [3.05, 3.63) is 0 Å². The molecule has 3 heteroatoms. The molecular weight excluding hydrogens is 162 g/mol. The molecule has 0 aliphatic heterocycles. The van der Waals surface area contributed by atoms with Crippen LogP contribution in [0.4, 0.5) is 0 Å². The van der Waals surface area contributed by atoms with Gasteiger partial charge < -0.3 is 5.73 Å². The molecule has 1 atom stereocenters. The van der Waals surface area contributed by atoms with Crippen molar-refractivity contribution < 1.29 is 0 Å². The standard InChI is InChI=1S/C10H25N3/c1-4-6-7-8-10(3)13(5-2)12-9-11/h10,12H,4-9,11H2,1-3H3. The van der Waals surface area contributed by atoms with Gasteiger partial charge in [-0.05, 0) is 13.3 Å². The molecule has 1 unspecified atom stereocenters. The zero-order valence-corrected chi connectivity index (χ0v) is 9.34. The van der Waals surface area contributed by atoms with Crippen LogP contribution in [0, 0.1) is 0 Å². The fraction of sp³-hybridized carbons (Fsp3) is 1.00. The maximum atomic E-state index is 5.44. The number of hydrogen-bond donors (Lipinski definition) is 2. The van der Waals surface area contributed by atoms with E-state index < -0.39 is 0 Å². The van der Waals surface area contributed by atoms with Crippen LogP contribution in [-0.4, -0.2) is 24.3 Å². The first-order valence-corrected chi connectivity index (χ1v) is 5.46. The molecule has 0 radical (unpaired) electrons. The smallest absolute Gasteiger partial charge is 0.0567 e. The molecule has 3 nitrogen and oxygen atoms in total. The molecule has 0 aromatic carbocycles. The minimum Gasteiger partial charge on any atom is -0.317 e. The molecule has 0 heterocycles. The summed E-state index contributed by atoms with van der Waals surface area (Å²) in [4.78, 5) is 0. The van der Waals surface area contributed by atoms with Gasteiger partial charge in [0.2, 0.25) is 0 Å². The number of nitrogens with one attached hydrogen (secondary N) is 1. The maximum absolute atomic E-state index is 5.44. The van der Waals surface area contributed by atoms with Crippen LogP contribution in [0.15, 0.2) is 0 Å². The van der Waals surface area contributed by atoms with Crippen molar-refractivity contribution >= 4 is 0 Å². The Balaban J connectivity index is 3.57. The van der Waals surface area contributed by atoms with E-state index in [1.165, 1.54) is 25.7 Å². The summed E-state index contributed by atoms with van der Waals surface area (Å²) in [7, 11) is 0. The highest BCUT2D eigenvalue weighted by Gasteiger charge is 2.09. The lowest BCUT2D eigenvalue weighted by atomic mass is 10.1. The molecule has 0 fully saturated rings. The quantitative estimate of drug-likeness (QED) is 0.345. The van der Waals surface area contributed by atoms with Crippen molar-refractivity contribution in [3.8, 4) is 0 Å². The molecule has 0 aliphatic carbocycles. The Labute approximate surface area is 82.6 Å². The Hall–Kier alpha value is -0.120. The number of nitrogens with two attached hydrogens (primary N) is 1. The predicted molar refractivity (Wildman–Crippen MR) is 58.2 cm³/mol. The van der Waals surface area contributed by atoms with Gasteiger partial charge in [-0.25, -0.2) is 10.4 Å². The fourth-order valence-corrected chi connectivity index (χ4v) is 1.54. The molecule has 0 aromatic rings. The van der Waals surface area contributed by atoms with E-state index in [4.69, 9.17) is 5.73 Å². The second-order valence-electron chi connectivity index (χ2n) is 3.49. The van der Waals surface area contributed by atoms with E-state index in [1.807, 2.05) is 0 Å². The summed E-state index contributed by atoms with van der Waals surface area (Å²) >= 11 is 0. The molecule has 13 heavy (non-hydrogen) atoms. The predicted octanol–water partition coefficient (Wildman–Crippen LogP) is 1.70. The highest BCUT2D eigenvalue weighted by atomic mass is 15.5. The van der Waals surface area contributed by atoms with Gasteiger partial charge in [0.1, 0.15) is 0 Å². The van der Waals surface area contributed by atoms with Crippen LogP contribution in [0.2, 0.25) is 0 Å². The Morgan fingerprint density at radius 2 is 2.00 bits per heavy atom. The average Bonchev–Trinajstić information content (AvgIpc) is 2.14. The molecule has 0 saturated carbocycles. The van der Waals surface area contributed by atoms with Crippen LogP contribution in [-0.2, 0) is 0 Å². The zero-order chi connectivity index (χ0) is 10.1. The zero-order valence-electron chi connectivity index (χ0n) is 9.34. The number of hydrazine groups is 1. The lowest BCUT2D eigenvalue weighted by Gasteiger charge is -2.27. The number of rotatable bonds is 8. The van der Waals surface area contributed by atoms with Crippen molar-refractivity contribution in [2.75, 3.05) is 13.2 Å². The largest absolute Gasteiger partial charge is 0.317 e. The summed E-state index contributed by atoms with van der Waals surface area (Å²) < 4.78 is 0. The van der Waals surface area contributed by atoms with Gasteiger partial charge in [0.25, 0.3) is 0 Å². The van der Waals surface area contributed by atoms with Crippen molar-refractivity contribution in [2.24, 2.45) is 5.73 Å². The summed E-state index contributed by atoms with van der Waals surface area (Å²) in [6.45, 7) is 8.19. The second kappa shape index (κ2) is 8.48. The molecule has 0 bridgehead atoms. The van der Waals surface area contributed by atoms with Gasteiger partial charge in [0.05, 0.1) is 6.67 Å². The van der Waals surface area contributed by atoms with Gasteiger partial charge in [0, 0.05) is 12.6 Å². The molecule has 0 amide bonds. The lowest BCUT2D eigenvalue weighted by molar-refractivity contribution is 0.135. The van der Waals surface area contributed by atoms with E-state index in [1.54, 1.807) is 0 Å². The summed E-state index contributed by atoms with van der Waals surface area (Å²) in [5.74, 6) is 0. The molecule has 80 valence electrons. The van der Waals surface area contributed by atoms with Gasteiger partial charge >= 0.3 is 0 Å². The first-order valence-electron chi connectivity index (χ1n) is 5.46. The Kier molecular flexibility index (Phi) is 8.40. The highest BCUT2D eigenvalue weighted by molar-refractivity contribution is 4.61. The average molecular weight is 187 g/mol. The Morgan fingerprint density at radius 3 is 2.46 bits per heavy atom. The van der Waals surface area contributed by atoms with E-state index in [9.17, 15) is 0 Å². The molecule has 0 saturated heterocycles. The monoisotopic (exact) mass is 187 g/mol. The number of unbranched alkanes of at least 4 members (excludes halogenated alkanes) is 2. The SMILES string of the molecule is CCCCCC(C)N(CC)NCN. The molecule has 0 aromatic heterocycles. The normalized spacial score (nSPS) is 13.6.